The fourth-order valence-electron chi connectivity index (χ4n) is 1.45. The second-order valence-electron chi connectivity index (χ2n) is 3.89. The van der Waals surface area contributed by atoms with Crippen molar-refractivity contribution in [2.24, 2.45) is 0 Å². The van der Waals surface area contributed by atoms with Gasteiger partial charge >= 0.3 is 6.36 Å². The van der Waals surface area contributed by atoms with E-state index in [1.165, 1.54) is 24.4 Å². The molecule has 2 aromatic rings. The number of alkyl halides is 3. The minimum absolute atomic E-state index is 0.168. The molecule has 8 heteroatoms. The van der Waals surface area contributed by atoms with Gasteiger partial charge in [-0.3, -0.25) is 4.79 Å². The number of hydrogen-bond donors (Lipinski definition) is 1. The highest BCUT2D eigenvalue weighted by molar-refractivity contribution is 6.30. The van der Waals surface area contributed by atoms with Gasteiger partial charge in [0.05, 0.1) is 5.02 Å². The quantitative estimate of drug-likeness (QED) is 0.934. The molecule has 0 saturated heterocycles. The van der Waals surface area contributed by atoms with Gasteiger partial charge in [0.15, 0.2) is 0 Å². The van der Waals surface area contributed by atoms with Crippen LogP contribution in [0.4, 0.5) is 19.0 Å². The summed E-state index contributed by atoms with van der Waals surface area (Å²) in [5.41, 5.74) is 0.168. The van der Waals surface area contributed by atoms with Crippen molar-refractivity contribution < 1.29 is 22.7 Å². The highest BCUT2D eigenvalue weighted by atomic mass is 35.5. The molecule has 1 aromatic heterocycles. The number of benzene rings is 1. The van der Waals surface area contributed by atoms with Crippen LogP contribution >= 0.6 is 11.6 Å². The summed E-state index contributed by atoms with van der Waals surface area (Å²) in [7, 11) is 0. The van der Waals surface area contributed by atoms with Crippen LogP contribution in [0.2, 0.25) is 5.02 Å². The Morgan fingerprint density at radius 2 is 1.81 bits per heavy atom. The lowest BCUT2D eigenvalue weighted by Crippen LogP contribution is -2.17. The van der Waals surface area contributed by atoms with E-state index < -0.39 is 18.0 Å². The molecule has 0 bridgehead atoms. The highest BCUT2D eigenvalue weighted by Crippen LogP contribution is 2.23. The Morgan fingerprint density at radius 3 is 2.33 bits per heavy atom. The smallest absolute Gasteiger partial charge is 0.406 e. The number of hydrogen-bond acceptors (Lipinski definition) is 3. The molecule has 1 heterocycles. The first-order valence-corrected chi connectivity index (χ1v) is 6.00. The Kier molecular flexibility index (Phi) is 4.32. The van der Waals surface area contributed by atoms with Gasteiger partial charge in [-0.25, -0.2) is 4.98 Å². The van der Waals surface area contributed by atoms with Gasteiger partial charge in [-0.05, 0) is 36.4 Å². The number of carbonyl (C=O) groups excluding carboxylic acids is 1. The first-order chi connectivity index (χ1) is 9.83. The molecule has 110 valence electrons. The lowest BCUT2D eigenvalue weighted by molar-refractivity contribution is -0.274. The van der Waals surface area contributed by atoms with E-state index in [0.717, 1.165) is 12.1 Å². The van der Waals surface area contributed by atoms with E-state index in [-0.39, 0.29) is 11.4 Å². The zero-order valence-corrected chi connectivity index (χ0v) is 11.1. The molecule has 4 nitrogen and oxygen atoms in total. The second kappa shape index (κ2) is 6.01. The van der Waals surface area contributed by atoms with Gasteiger partial charge < -0.3 is 10.1 Å². The molecule has 0 aliphatic carbocycles. The zero-order valence-electron chi connectivity index (χ0n) is 10.3. The number of carbonyl (C=O) groups is 1. The number of nitrogens with one attached hydrogen (secondary N) is 1. The summed E-state index contributed by atoms with van der Waals surface area (Å²) in [6.45, 7) is 0. The predicted molar refractivity (Wildman–Crippen MR) is 70.3 cm³/mol. The third-order valence-corrected chi connectivity index (χ3v) is 2.54. The third-order valence-electron chi connectivity index (χ3n) is 2.32. The van der Waals surface area contributed by atoms with Crippen LogP contribution in [-0.2, 0) is 0 Å². The SMILES string of the molecule is O=C(Nc1ccc(Cl)cn1)c1ccc(OC(F)(F)F)cc1. The molecule has 0 aliphatic rings. The number of rotatable bonds is 3. The van der Waals surface area contributed by atoms with Crippen LogP contribution in [0, 0.1) is 0 Å². The molecule has 0 atom stereocenters. The molecule has 0 spiro atoms. The van der Waals surface area contributed by atoms with Crippen molar-refractivity contribution in [3.63, 3.8) is 0 Å². The Morgan fingerprint density at radius 1 is 1.14 bits per heavy atom. The van der Waals surface area contributed by atoms with Crippen molar-refractivity contribution in [1.29, 1.82) is 0 Å². The van der Waals surface area contributed by atoms with Gasteiger partial charge in [0.2, 0.25) is 0 Å². The maximum Gasteiger partial charge on any atom is 0.573 e. The molecule has 21 heavy (non-hydrogen) atoms. The van der Waals surface area contributed by atoms with Gasteiger partial charge in [0, 0.05) is 11.8 Å². The topological polar surface area (TPSA) is 51.2 Å². The van der Waals surface area contributed by atoms with E-state index in [4.69, 9.17) is 11.6 Å². The molecular formula is C13H8ClF3N2O2. The van der Waals surface area contributed by atoms with Crippen molar-refractivity contribution in [2.75, 3.05) is 5.32 Å². The predicted octanol–water partition coefficient (Wildman–Crippen LogP) is 3.89. The number of ether oxygens (including phenoxy) is 1. The minimum atomic E-state index is -4.77. The summed E-state index contributed by atoms with van der Waals surface area (Å²) in [4.78, 5) is 15.7. The summed E-state index contributed by atoms with van der Waals surface area (Å²) in [6.07, 6.45) is -3.41. The van der Waals surface area contributed by atoms with E-state index in [1.54, 1.807) is 6.07 Å². The Bertz CT molecular complexity index is 627. The number of halogens is 4. The highest BCUT2D eigenvalue weighted by Gasteiger charge is 2.31. The Balaban J connectivity index is 2.04. The molecule has 1 aromatic carbocycles. The van der Waals surface area contributed by atoms with Crippen LogP contribution in [0.15, 0.2) is 42.6 Å². The van der Waals surface area contributed by atoms with Crippen molar-refractivity contribution in [3.8, 4) is 5.75 Å². The third kappa shape index (κ3) is 4.64. The average Bonchev–Trinajstić information content (AvgIpc) is 2.40. The normalized spacial score (nSPS) is 11.0. The van der Waals surface area contributed by atoms with Crippen molar-refractivity contribution in [3.05, 3.63) is 53.2 Å². The van der Waals surface area contributed by atoms with E-state index in [1.807, 2.05) is 0 Å². The fourth-order valence-corrected chi connectivity index (χ4v) is 1.56. The number of aromatic nitrogens is 1. The Labute approximate surface area is 122 Å². The van der Waals surface area contributed by atoms with Crippen molar-refractivity contribution in [2.45, 2.75) is 6.36 Å². The van der Waals surface area contributed by atoms with Crippen molar-refractivity contribution in [1.82, 2.24) is 4.98 Å². The van der Waals surface area contributed by atoms with E-state index >= 15 is 0 Å². The fraction of sp³-hybridized carbons (Fsp3) is 0.0769. The molecular weight excluding hydrogens is 309 g/mol. The van der Waals surface area contributed by atoms with Gasteiger partial charge in [-0.1, -0.05) is 11.6 Å². The van der Waals surface area contributed by atoms with Crippen LogP contribution in [0.5, 0.6) is 5.75 Å². The largest absolute Gasteiger partial charge is 0.573 e. The van der Waals surface area contributed by atoms with Crippen molar-refractivity contribution >= 4 is 23.3 Å². The number of nitrogens with zero attached hydrogens (tertiary/aromatic N) is 1. The number of amides is 1. The van der Waals surface area contributed by atoms with Gasteiger partial charge in [0.1, 0.15) is 11.6 Å². The molecule has 0 aliphatic heterocycles. The monoisotopic (exact) mass is 316 g/mol. The summed E-state index contributed by atoms with van der Waals surface area (Å²) in [5, 5.41) is 2.90. The van der Waals surface area contributed by atoms with Gasteiger partial charge in [-0.2, -0.15) is 0 Å². The molecule has 0 radical (unpaired) electrons. The van der Waals surface area contributed by atoms with Crippen LogP contribution in [-0.4, -0.2) is 17.3 Å². The van der Waals surface area contributed by atoms with E-state index in [0.29, 0.717) is 5.02 Å². The maximum absolute atomic E-state index is 12.0. The van der Waals surface area contributed by atoms with Crippen LogP contribution in [0.3, 0.4) is 0 Å². The van der Waals surface area contributed by atoms with Gasteiger partial charge in [0.25, 0.3) is 5.91 Å². The standard InChI is InChI=1S/C13H8ClF3N2O2/c14-9-3-6-11(18-7-9)19-12(20)8-1-4-10(5-2-8)21-13(15,16)17/h1-7H,(H,18,19,20). The lowest BCUT2D eigenvalue weighted by atomic mass is 10.2. The van der Waals surface area contributed by atoms with Gasteiger partial charge in [-0.15, -0.1) is 13.2 Å². The summed E-state index contributed by atoms with van der Waals surface area (Å²) < 4.78 is 39.7. The maximum atomic E-state index is 12.0. The lowest BCUT2D eigenvalue weighted by Gasteiger charge is -2.09. The Hall–Kier alpha value is -2.28. The first-order valence-electron chi connectivity index (χ1n) is 5.62. The molecule has 2 rings (SSSR count). The van der Waals surface area contributed by atoms with Crippen LogP contribution in [0.1, 0.15) is 10.4 Å². The average molecular weight is 317 g/mol. The zero-order chi connectivity index (χ0) is 15.5. The van der Waals surface area contributed by atoms with E-state index in [9.17, 15) is 18.0 Å². The van der Waals surface area contributed by atoms with Crippen LogP contribution in [0.25, 0.3) is 0 Å². The summed E-state index contributed by atoms with van der Waals surface area (Å²) >= 11 is 5.65. The molecule has 0 unspecified atom stereocenters. The molecule has 1 amide bonds. The van der Waals surface area contributed by atoms with E-state index in [2.05, 4.69) is 15.0 Å². The summed E-state index contributed by atoms with van der Waals surface area (Å²) in [6, 6.07) is 7.58. The van der Waals surface area contributed by atoms with Crippen LogP contribution < -0.4 is 10.1 Å². The number of pyridine rings is 1. The summed E-state index contributed by atoms with van der Waals surface area (Å²) in [5.74, 6) is -0.632. The first kappa shape index (κ1) is 15.1. The molecule has 0 fully saturated rings. The minimum Gasteiger partial charge on any atom is -0.406 e. The second-order valence-corrected chi connectivity index (χ2v) is 4.32. The molecule has 0 saturated carbocycles. The molecule has 1 N–H and O–H groups in total. The number of anilines is 1.